The van der Waals surface area contributed by atoms with E-state index < -0.39 is 0 Å². The van der Waals surface area contributed by atoms with Crippen LogP contribution in [0, 0.1) is 5.92 Å². The predicted octanol–water partition coefficient (Wildman–Crippen LogP) is 5.46. The second-order valence-electron chi connectivity index (χ2n) is 6.63. The molecule has 0 unspecified atom stereocenters. The number of fused-ring (bicyclic) bond motifs is 1. The Morgan fingerprint density at radius 1 is 1.35 bits per heavy atom. The summed E-state index contributed by atoms with van der Waals surface area (Å²) in [5, 5.41) is 7.31. The molecule has 0 bridgehead atoms. The summed E-state index contributed by atoms with van der Waals surface area (Å²) in [5.74, 6) is 2.21. The van der Waals surface area contributed by atoms with Crippen LogP contribution in [0.4, 0.5) is 0 Å². The van der Waals surface area contributed by atoms with E-state index in [4.69, 9.17) is 9.15 Å². The molecular formula is C21H25N3O2. The molecule has 0 saturated carbocycles. The van der Waals surface area contributed by atoms with Gasteiger partial charge >= 0.3 is 0 Å². The van der Waals surface area contributed by atoms with E-state index in [-0.39, 0.29) is 5.92 Å². The SMILES string of the molecule is C=C1N=C(C(C)C)C=C(OCc2cc3ccccc3o2)N1N=C(C)CC. The highest BCUT2D eigenvalue weighted by Crippen LogP contribution is 2.25. The zero-order valence-electron chi connectivity index (χ0n) is 15.8. The Labute approximate surface area is 154 Å². The standard InChI is InChI=1S/C21H25N3O2/c1-6-15(4)23-24-16(5)22-19(14(2)3)12-21(24)25-13-18-11-17-9-7-8-10-20(17)26-18/h7-12,14H,5-6,13H2,1-4H3. The van der Waals surface area contributed by atoms with Crippen molar-refractivity contribution in [3.05, 3.63) is 60.5 Å². The molecule has 0 radical (unpaired) electrons. The van der Waals surface area contributed by atoms with Gasteiger partial charge in [-0.2, -0.15) is 10.1 Å². The van der Waals surface area contributed by atoms with Crippen LogP contribution in [0.1, 0.15) is 39.9 Å². The molecule has 1 aliphatic rings. The van der Waals surface area contributed by atoms with Gasteiger partial charge in [0.05, 0.1) is 5.71 Å². The molecule has 3 rings (SSSR count). The minimum Gasteiger partial charge on any atom is -0.469 e. The molecule has 5 nitrogen and oxygen atoms in total. The summed E-state index contributed by atoms with van der Waals surface area (Å²) in [6, 6.07) is 9.92. The van der Waals surface area contributed by atoms with Gasteiger partial charge in [-0.25, -0.2) is 4.99 Å². The molecule has 1 aliphatic heterocycles. The molecule has 2 heterocycles. The van der Waals surface area contributed by atoms with Crippen LogP contribution in [0.25, 0.3) is 11.0 Å². The van der Waals surface area contributed by atoms with Crippen molar-refractivity contribution in [2.24, 2.45) is 16.0 Å². The number of hydrogen-bond acceptors (Lipinski definition) is 5. The van der Waals surface area contributed by atoms with Crippen molar-refractivity contribution in [2.75, 3.05) is 0 Å². The lowest BCUT2D eigenvalue weighted by molar-refractivity contribution is 0.109. The van der Waals surface area contributed by atoms with Crippen LogP contribution in [-0.4, -0.2) is 16.4 Å². The summed E-state index contributed by atoms with van der Waals surface area (Å²) in [6.07, 6.45) is 2.77. The lowest BCUT2D eigenvalue weighted by Gasteiger charge is -2.27. The maximum atomic E-state index is 6.05. The summed E-state index contributed by atoms with van der Waals surface area (Å²) in [4.78, 5) is 4.55. The number of furan rings is 1. The van der Waals surface area contributed by atoms with E-state index in [0.29, 0.717) is 18.3 Å². The predicted molar refractivity (Wildman–Crippen MR) is 106 cm³/mol. The molecule has 1 aromatic carbocycles. The van der Waals surface area contributed by atoms with Gasteiger partial charge in [0.1, 0.15) is 23.8 Å². The molecule has 0 saturated heterocycles. The van der Waals surface area contributed by atoms with E-state index in [0.717, 1.165) is 34.6 Å². The van der Waals surface area contributed by atoms with Crippen molar-refractivity contribution in [3.63, 3.8) is 0 Å². The van der Waals surface area contributed by atoms with Gasteiger partial charge in [-0.15, -0.1) is 0 Å². The summed E-state index contributed by atoms with van der Waals surface area (Å²) >= 11 is 0. The molecule has 0 aliphatic carbocycles. The van der Waals surface area contributed by atoms with Gasteiger partial charge in [-0.3, -0.25) is 0 Å². The number of rotatable bonds is 6. The van der Waals surface area contributed by atoms with Gasteiger partial charge in [0.25, 0.3) is 0 Å². The van der Waals surface area contributed by atoms with Crippen molar-refractivity contribution in [1.82, 2.24) is 5.01 Å². The quantitative estimate of drug-likeness (QED) is 0.649. The average Bonchev–Trinajstić information content (AvgIpc) is 3.04. The number of nitrogens with zero attached hydrogens (tertiary/aromatic N) is 3. The molecular weight excluding hydrogens is 326 g/mol. The van der Waals surface area contributed by atoms with Crippen LogP contribution >= 0.6 is 0 Å². The first kappa shape index (κ1) is 18.0. The summed E-state index contributed by atoms with van der Waals surface area (Å²) in [7, 11) is 0. The number of hydrazone groups is 1. The van der Waals surface area contributed by atoms with Gasteiger partial charge in [0.15, 0.2) is 0 Å². The lowest BCUT2D eigenvalue weighted by Crippen LogP contribution is -2.25. The van der Waals surface area contributed by atoms with Gasteiger partial charge in [0.2, 0.25) is 5.88 Å². The molecule has 5 heteroatoms. The van der Waals surface area contributed by atoms with Gasteiger partial charge in [-0.1, -0.05) is 45.5 Å². The van der Waals surface area contributed by atoms with Gasteiger partial charge in [-0.05, 0) is 31.4 Å². The lowest BCUT2D eigenvalue weighted by atomic mass is 10.1. The van der Waals surface area contributed by atoms with E-state index in [1.54, 1.807) is 5.01 Å². The monoisotopic (exact) mass is 351 g/mol. The van der Waals surface area contributed by atoms with Crippen molar-refractivity contribution >= 4 is 22.4 Å². The Kier molecular flexibility index (Phi) is 5.26. The highest BCUT2D eigenvalue weighted by molar-refractivity contribution is 5.98. The number of aliphatic imine (C=N–C) groups is 1. The van der Waals surface area contributed by atoms with Crippen molar-refractivity contribution in [3.8, 4) is 0 Å². The van der Waals surface area contributed by atoms with Crippen molar-refractivity contribution in [2.45, 2.75) is 40.7 Å². The molecule has 0 amide bonds. The molecule has 26 heavy (non-hydrogen) atoms. The van der Waals surface area contributed by atoms with Gasteiger partial charge < -0.3 is 9.15 Å². The summed E-state index contributed by atoms with van der Waals surface area (Å²) in [6.45, 7) is 12.6. The minimum absolute atomic E-state index is 0.273. The highest BCUT2D eigenvalue weighted by Gasteiger charge is 2.22. The zero-order chi connectivity index (χ0) is 18.7. The molecule has 0 spiro atoms. The number of ether oxygens (including phenoxy) is 1. The van der Waals surface area contributed by atoms with Crippen LogP contribution in [0.5, 0.6) is 0 Å². The third-order valence-electron chi connectivity index (χ3n) is 4.20. The molecule has 0 fully saturated rings. The Bertz CT molecular complexity index is 870. The molecule has 1 aromatic heterocycles. The largest absolute Gasteiger partial charge is 0.469 e. The smallest absolute Gasteiger partial charge is 0.218 e. The van der Waals surface area contributed by atoms with Crippen LogP contribution in [-0.2, 0) is 11.3 Å². The van der Waals surface area contributed by atoms with Crippen LogP contribution < -0.4 is 0 Å². The van der Waals surface area contributed by atoms with Gasteiger partial charge in [0, 0.05) is 17.2 Å². The van der Waals surface area contributed by atoms with Crippen LogP contribution in [0.15, 0.2) is 69.2 Å². The number of benzene rings is 1. The summed E-state index contributed by atoms with van der Waals surface area (Å²) in [5.41, 5.74) is 2.76. The fraction of sp³-hybridized carbons (Fsp3) is 0.333. The van der Waals surface area contributed by atoms with Crippen LogP contribution in [0.3, 0.4) is 0 Å². The van der Waals surface area contributed by atoms with E-state index in [9.17, 15) is 0 Å². The Hall–Kier alpha value is -2.82. The third-order valence-corrected chi connectivity index (χ3v) is 4.20. The molecule has 0 atom stereocenters. The van der Waals surface area contributed by atoms with Crippen molar-refractivity contribution < 1.29 is 9.15 Å². The zero-order valence-corrected chi connectivity index (χ0v) is 15.8. The van der Waals surface area contributed by atoms with E-state index >= 15 is 0 Å². The second-order valence-corrected chi connectivity index (χ2v) is 6.63. The fourth-order valence-electron chi connectivity index (χ4n) is 2.54. The van der Waals surface area contributed by atoms with E-state index in [2.05, 4.69) is 37.4 Å². The molecule has 2 aromatic rings. The van der Waals surface area contributed by atoms with E-state index in [1.165, 1.54) is 0 Å². The fourth-order valence-corrected chi connectivity index (χ4v) is 2.54. The van der Waals surface area contributed by atoms with Crippen LogP contribution in [0.2, 0.25) is 0 Å². The Morgan fingerprint density at radius 3 is 2.81 bits per heavy atom. The van der Waals surface area contributed by atoms with Crippen molar-refractivity contribution in [1.29, 1.82) is 0 Å². The van der Waals surface area contributed by atoms with E-state index in [1.807, 2.05) is 43.3 Å². The second kappa shape index (κ2) is 7.60. The number of allylic oxidation sites excluding steroid dienone is 1. The molecule has 0 N–H and O–H groups in total. The normalized spacial score (nSPS) is 15.5. The highest BCUT2D eigenvalue weighted by atomic mass is 16.5. The first-order valence-electron chi connectivity index (χ1n) is 8.91. The molecule has 136 valence electrons. The maximum Gasteiger partial charge on any atom is 0.218 e. The Morgan fingerprint density at radius 2 is 2.12 bits per heavy atom. The Balaban J connectivity index is 1.84. The summed E-state index contributed by atoms with van der Waals surface area (Å²) < 4.78 is 11.9. The third kappa shape index (κ3) is 3.87. The minimum atomic E-state index is 0.273. The number of para-hydroxylation sites is 1. The topological polar surface area (TPSA) is 50.3 Å². The first-order chi connectivity index (χ1) is 12.5. The average molecular weight is 351 g/mol. The number of hydrogen-bond donors (Lipinski definition) is 0. The first-order valence-corrected chi connectivity index (χ1v) is 8.91. The maximum absolute atomic E-state index is 6.05.